The zero-order valence-corrected chi connectivity index (χ0v) is 23.2. The average Bonchev–Trinajstić information content (AvgIpc) is 3.15. The number of hydrogen-bond acceptors (Lipinski definition) is 6. The molecule has 0 N–H and O–H groups in total. The van der Waals surface area contributed by atoms with Crippen molar-refractivity contribution in [3.05, 3.63) is 88.8 Å². The molecule has 4 rings (SSSR count). The topological polar surface area (TPSA) is 48.0 Å². The molecule has 0 unspecified atom stereocenters. The lowest BCUT2D eigenvalue weighted by Gasteiger charge is -2.19. The highest BCUT2D eigenvalue weighted by Gasteiger charge is 2.33. The van der Waals surface area contributed by atoms with E-state index in [-0.39, 0.29) is 11.3 Å². The average molecular weight is 534 g/mol. The number of rotatable bonds is 9. The smallest absolute Gasteiger partial charge is 0.270 e. The van der Waals surface area contributed by atoms with Crippen molar-refractivity contribution < 1.29 is 19.0 Å². The molecule has 0 saturated carbocycles. The van der Waals surface area contributed by atoms with Crippen LogP contribution in [0.2, 0.25) is 0 Å². The van der Waals surface area contributed by atoms with E-state index in [1.54, 1.807) is 4.90 Å². The van der Waals surface area contributed by atoms with E-state index in [1.165, 1.54) is 17.3 Å². The predicted molar refractivity (Wildman–Crippen MR) is 156 cm³/mol. The van der Waals surface area contributed by atoms with Crippen molar-refractivity contribution in [2.45, 2.75) is 33.1 Å². The highest BCUT2D eigenvalue weighted by atomic mass is 32.2. The van der Waals surface area contributed by atoms with Crippen LogP contribution in [0.25, 0.3) is 6.08 Å². The summed E-state index contributed by atoms with van der Waals surface area (Å²) in [7, 11) is 0. The monoisotopic (exact) mass is 533 g/mol. The number of thiocarbonyl (C=S) groups is 1. The molecule has 192 valence electrons. The summed E-state index contributed by atoms with van der Waals surface area (Å²) >= 11 is 6.79. The van der Waals surface area contributed by atoms with Crippen LogP contribution in [-0.4, -0.2) is 30.0 Å². The van der Waals surface area contributed by atoms with Crippen molar-refractivity contribution in [3.8, 4) is 17.2 Å². The minimum absolute atomic E-state index is 0.113. The van der Waals surface area contributed by atoms with E-state index in [0.717, 1.165) is 22.7 Å². The molecule has 37 heavy (non-hydrogen) atoms. The molecule has 0 radical (unpaired) electrons. The van der Waals surface area contributed by atoms with E-state index in [1.807, 2.05) is 73.7 Å². The molecule has 0 bridgehead atoms. The summed E-state index contributed by atoms with van der Waals surface area (Å²) < 4.78 is 17.7. The molecule has 1 fully saturated rings. The van der Waals surface area contributed by atoms with Gasteiger partial charge in [0.15, 0.2) is 4.32 Å². The number of amides is 1. The van der Waals surface area contributed by atoms with Crippen molar-refractivity contribution in [2.75, 3.05) is 24.7 Å². The molecule has 3 aromatic rings. The van der Waals surface area contributed by atoms with E-state index in [0.29, 0.717) is 34.8 Å². The Bertz CT molecular complexity index is 1280. The summed E-state index contributed by atoms with van der Waals surface area (Å²) in [4.78, 5) is 15.2. The summed E-state index contributed by atoms with van der Waals surface area (Å²) in [5.74, 6) is 2.14. The van der Waals surface area contributed by atoms with Crippen LogP contribution in [0, 0.1) is 0 Å². The van der Waals surface area contributed by atoms with Gasteiger partial charge in [-0.1, -0.05) is 69.0 Å². The first-order chi connectivity index (χ1) is 17.7. The maximum Gasteiger partial charge on any atom is 0.270 e. The Balaban J connectivity index is 1.34. The molecule has 0 spiro atoms. The van der Waals surface area contributed by atoms with Crippen molar-refractivity contribution in [3.63, 3.8) is 0 Å². The molecule has 7 heteroatoms. The molecule has 1 saturated heterocycles. The van der Waals surface area contributed by atoms with Gasteiger partial charge in [-0.15, -0.1) is 0 Å². The van der Waals surface area contributed by atoms with Crippen LogP contribution in [0.4, 0.5) is 5.69 Å². The third-order valence-corrected chi connectivity index (χ3v) is 7.00. The molecular weight excluding hydrogens is 502 g/mol. The van der Waals surface area contributed by atoms with Crippen LogP contribution in [0.15, 0.2) is 77.7 Å². The first kappa shape index (κ1) is 26.8. The van der Waals surface area contributed by atoms with Gasteiger partial charge in [-0.2, -0.15) is 0 Å². The minimum atomic E-state index is -0.142. The fourth-order valence-electron chi connectivity index (χ4n) is 3.76. The standard InChI is InChI=1S/C30H31NO4S2/c1-5-33-24-15-11-23(12-16-24)31-28(32)27(37-29(31)36)20-21-7-6-8-26(19-21)35-18-17-34-25-13-9-22(10-14-25)30(2,3)4/h6-16,19-20H,5,17-18H2,1-4H3. The van der Waals surface area contributed by atoms with Crippen LogP contribution >= 0.6 is 24.0 Å². The minimum Gasteiger partial charge on any atom is -0.494 e. The van der Waals surface area contributed by atoms with Gasteiger partial charge in [-0.05, 0) is 78.1 Å². The van der Waals surface area contributed by atoms with Crippen molar-refractivity contribution in [1.82, 2.24) is 0 Å². The van der Waals surface area contributed by atoms with Crippen molar-refractivity contribution >= 4 is 46.0 Å². The second-order valence-corrected chi connectivity index (χ2v) is 11.2. The van der Waals surface area contributed by atoms with Crippen molar-refractivity contribution in [1.29, 1.82) is 0 Å². The second kappa shape index (κ2) is 11.8. The largest absolute Gasteiger partial charge is 0.494 e. The maximum atomic E-state index is 13.1. The highest BCUT2D eigenvalue weighted by Crippen LogP contribution is 2.36. The van der Waals surface area contributed by atoms with E-state index < -0.39 is 0 Å². The third kappa shape index (κ3) is 6.93. The van der Waals surface area contributed by atoms with Gasteiger partial charge in [0, 0.05) is 0 Å². The summed E-state index contributed by atoms with van der Waals surface area (Å²) in [5, 5.41) is 0. The summed E-state index contributed by atoms with van der Waals surface area (Å²) in [6, 6.07) is 23.2. The fraction of sp³-hybridized carbons (Fsp3) is 0.267. The van der Waals surface area contributed by atoms with E-state index in [2.05, 4.69) is 32.9 Å². The Labute approximate surface area is 228 Å². The number of carbonyl (C=O) groups is 1. The Hall–Kier alpha value is -3.29. The zero-order valence-electron chi connectivity index (χ0n) is 21.5. The van der Waals surface area contributed by atoms with Crippen LogP contribution in [0.1, 0.15) is 38.8 Å². The van der Waals surface area contributed by atoms with Crippen LogP contribution < -0.4 is 19.1 Å². The van der Waals surface area contributed by atoms with Gasteiger partial charge >= 0.3 is 0 Å². The van der Waals surface area contributed by atoms with Gasteiger partial charge in [0.1, 0.15) is 30.5 Å². The molecule has 0 aliphatic carbocycles. The lowest BCUT2D eigenvalue weighted by atomic mass is 9.87. The maximum absolute atomic E-state index is 13.1. The Kier molecular flexibility index (Phi) is 8.56. The second-order valence-electron chi connectivity index (χ2n) is 9.49. The molecule has 1 amide bonds. The summed E-state index contributed by atoms with van der Waals surface area (Å²) in [6.45, 7) is 9.92. The number of carbonyl (C=O) groups excluding carboxylic acids is 1. The lowest BCUT2D eigenvalue weighted by molar-refractivity contribution is -0.113. The van der Waals surface area contributed by atoms with Crippen molar-refractivity contribution in [2.24, 2.45) is 0 Å². The zero-order chi connectivity index (χ0) is 26.4. The number of nitrogens with zero attached hydrogens (tertiary/aromatic N) is 1. The molecule has 0 aromatic heterocycles. The van der Waals surface area contributed by atoms with Gasteiger partial charge in [-0.25, -0.2) is 0 Å². The Morgan fingerprint density at radius 3 is 2.14 bits per heavy atom. The first-order valence-electron chi connectivity index (χ1n) is 12.2. The molecule has 1 heterocycles. The number of ether oxygens (including phenoxy) is 3. The summed E-state index contributed by atoms with van der Waals surface area (Å²) in [5.41, 5.74) is 2.97. The van der Waals surface area contributed by atoms with E-state index in [4.69, 9.17) is 26.4 Å². The Morgan fingerprint density at radius 1 is 0.865 bits per heavy atom. The molecule has 1 aliphatic heterocycles. The Morgan fingerprint density at radius 2 is 1.49 bits per heavy atom. The molecule has 3 aromatic carbocycles. The SMILES string of the molecule is CCOc1ccc(N2C(=O)C(=Cc3cccc(OCCOc4ccc(C(C)(C)C)cc4)c3)SC2=S)cc1. The lowest BCUT2D eigenvalue weighted by Crippen LogP contribution is -2.27. The third-order valence-electron chi connectivity index (χ3n) is 5.70. The normalized spacial score (nSPS) is 14.8. The molecule has 5 nitrogen and oxygen atoms in total. The van der Waals surface area contributed by atoms with E-state index in [9.17, 15) is 4.79 Å². The van der Waals surface area contributed by atoms with Gasteiger partial charge in [0.2, 0.25) is 0 Å². The molecule has 0 atom stereocenters. The highest BCUT2D eigenvalue weighted by molar-refractivity contribution is 8.27. The van der Waals surface area contributed by atoms with E-state index >= 15 is 0 Å². The van der Waals surface area contributed by atoms with Gasteiger partial charge in [0.05, 0.1) is 17.2 Å². The van der Waals surface area contributed by atoms with Crippen LogP contribution in [-0.2, 0) is 10.2 Å². The quantitative estimate of drug-likeness (QED) is 0.164. The number of thioether (sulfide) groups is 1. The number of hydrogen-bond donors (Lipinski definition) is 0. The predicted octanol–water partition coefficient (Wildman–Crippen LogP) is 7.25. The molecular formula is C30H31NO4S2. The van der Waals surface area contributed by atoms with Crippen LogP contribution in [0.3, 0.4) is 0 Å². The number of benzene rings is 3. The summed E-state index contributed by atoms with van der Waals surface area (Å²) in [6.07, 6.45) is 1.84. The molecule has 1 aliphatic rings. The van der Waals surface area contributed by atoms with Gasteiger partial charge in [0.25, 0.3) is 5.91 Å². The first-order valence-corrected chi connectivity index (χ1v) is 13.4. The van der Waals surface area contributed by atoms with Gasteiger partial charge < -0.3 is 14.2 Å². The van der Waals surface area contributed by atoms with Crippen LogP contribution in [0.5, 0.6) is 17.2 Å². The fourth-order valence-corrected chi connectivity index (χ4v) is 5.06. The number of anilines is 1. The van der Waals surface area contributed by atoms with Gasteiger partial charge in [-0.3, -0.25) is 9.69 Å².